The predicted molar refractivity (Wildman–Crippen MR) is 81.9 cm³/mol. The van der Waals surface area contributed by atoms with E-state index in [4.69, 9.17) is 9.47 Å². The van der Waals surface area contributed by atoms with Crippen molar-refractivity contribution in [3.63, 3.8) is 0 Å². The molecule has 3 heterocycles. The Balaban J connectivity index is 1.42. The second-order valence-corrected chi connectivity index (χ2v) is 6.72. The molecule has 0 bridgehead atoms. The zero-order chi connectivity index (χ0) is 15.2. The van der Waals surface area contributed by atoms with Gasteiger partial charge in [-0.1, -0.05) is 12.1 Å². The van der Waals surface area contributed by atoms with Crippen LogP contribution in [-0.4, -0.2) is 61.2 Å². The highest BCUT2D eigenvalue weighted by Crippen LogP contribution is 2.31. The van der Waals surface area contributed by atoms with E-state index in [1.54, 1.807) is 4.90 Å². The summed E-state index contributed by atoms with van der Waals surface area (Å²) in [7, 11) is 1.87. The van der Waals surface area contributed by atoms with Crippen LogP contribution in [0.1, 0.15) is 17.5 Å². The van der Waals surface area contributed by atoms with E-state index in [-0.39, 0.29) is 18.1 Å². The van der Waals surface area contributed by atoms with Gasteiger partial charge in [0.05, 0.1) is 13.2 Å². The molecule has 5 nitrogen and oxygen atoms in total. The third-order valence-corrected chi connectivity index (χ3v) is 5.01. The number of morpholine rings is 1. The van der Waals surface area contributed by atoms with E-state index in [0.717, 1.165) is 44.8 Å². The van der Waals surface area contributed by atoms with Crippen molar-refractivity contribution in [1.29, 1.82) is 0 Å². The molecule has 2 saturated heterocycles. The van der Waals surface area contributed by atoms with Crippen LogP contribution in [0.3, 0.4) is 0 Å². The highest BCUT2D eigenvalue weighted by atomic mass is 16.5. The minimum absolute atomic E-state index is 0.0858. The van der Waals surface area contributed by atoms with Crippen LogP contribution < -0.4 is 4.74 Å². The van der Waals surface area contributed by atoms with E-state index >= 15 is 0 Å². The molecule has 0 radical (unpaired) electrons. The summed E-state index contributed by atoms with van der Waals surface area (Å²) in [5.41, 5.74) is 2.50. The van der Waals surface area contributed by atoms with Crippen molar-refractivity contribution in [3.8, 4) is 5.75 Å². The molecule has 0 N–H and O–H groups in total. The number of fused-ring (bicyclic) bond motifs is 1. The van der Waals surface area contributed by atoms with Crippen LogP contribution >= 0.6 is 0 Å². The molecule has 1 aromatic rings. The molecule has 1 spiro atoms. The van der Waals surface area contributed by atoms with Crippen LogP contribution in [-0.2, 0) is 22.5 Å². The fourth-order valence-electron chi connectivity index (χ4n) is 3.80. The van der Waals surface area contributed by atoms with Gasteiger partial charge in [-0.05, 0) is 23.6 Å². The molecule has 4 rings (SSSR count). The summed E-state index contributed by atoms with van der Waals surface area (Å²) < 4.78 is 11.5. The van der Waals surface area contributed by atoms with E-state index in [2.05, 4.69) is 23.1 Å². The molecule has 0 aliphatic carbocycles. The summed E-state index contributed by atoms with van der Waals surface area (Å²) >= 11 is 0. The van der Waals surface area contributed by atoms with E-state index in [9.17, 15) is 4.79 Å². The molecule has 118 valence electrons. The molecule has 1 amide bonds. The molecule has 0 saturated carbocycles. The van der Waals surface area contributed by atoms with Gasteiger partial charge in [-0.15, -0.1) is 0 Å². The van der Waals surface area contributed by atoms with Crippen molar-refractivity contribution in [3.05, 3.63) is 29.3 Å². The molecule has 1 atom stereocenters. The van der Waals surface area contributed by atoms with Crippen LogP contribution in [0, 0.1) is 0 Å². The van der Waals surface area contributed by atoms with Gasteiger partial charge in [0.1, 0.15) is 18.0 Å². The van der Waals surface area contributed by atoms with Crippen molar-refractivity contribution in [2.45, 2.75) is 25.0 Å². The highest BCUT2D eigenvalue weighted by Gasteiger charge is 2.43. The second-order valence-electron chi connectivity index (χ2n) is 6.72. The number of hydrogen-bond acceptors (Lipinski definition) is 4. The lowest BCUT2D eigenvalue weighted by Crippen LogP contribution is -2.54. The van der Waals surface area contributed by atoms with Gasteiger partial charge >= 0.3 is 0 Å². The molecule has 0 aromatic heterocycles. The lowest BCUT2D eigenvalue weighted by molar-refractivity contribution is -0.159. The normalized spacial score (nSPS) is 28.2. The Kier molecular flexibility index (Phi) is 3.35. The number of ether oxygens (including phenoxy) is 2. The Hall–Kier alpha value is -1.59. The van der Waals surface area contributed by atoms with Crippen molar-refractivity contribution >= 4 is 5.91 Å². The first kappa shape index (κ1) is 14.0. The zero-order valence-corrected chi connectivity index (χ0v) is 13.0. The number of carbonyl (C=O) groups excluding carboxylic acids is 1. The van der Waals surface area contributed by atoms with Gasteiger partial charge in [-0.2, -0.15) is 0 Å². The first-order chi connectivity index (χ1) is 10.6. The van der Waals surface area contributed by atoms with Gasteiger partial charge in [-0.25, -0.2) is 0 Å². The number of amides is 1. The fraction of sp³-hybridized carbons (Fsp3) is 0.588. The molecular weight excluding hydrogens is 280 g/mol. The van der Waals surface area contributed by atoms with E-state index in [1.165, 1.54) is 11.1 Å². The summed E-state index contributed by atoms with van der Waals surface area (Å²) in [6, 6.07) is 6.52. The van der Waals surface area contributed by atoms with Crippen molar-refractivity contribution in [1.82, 2.24) is 9.80 Å². The molecule has 3 aliphatic heterocycles. The summed E-state index contributed by atoms with van der Waals surface area (Å²) in [6.07, 6.45) is 2.02. The largest absolute Gasteiger partial charge is 0.493 e. The number of carbonyl (C=O) groups is 1. The van der Waals surface area contributed by atoms with Gasteiger partial charge in [0.2, 0.25) is 5.91 Å². The predicted octanol–water partition coefficient (Wildman–Crippen LogP) is 1.05. The number of likely N-dealkylation sites (N-methyl/N-ethyl adjacent to an activating group) is 1. The maximum Gasteiger partial charge on any atom is 0.248 e. The molecule has 0 unspecified atom stereocenters. The fourth-order valence-corrected chi connectivity index (χ4v) is 3.80. The highest BCUT2D eigenvalue weighted by molar-refractivity contribution is 5.78. The maximum absolute atomic E-state index is 11.6. The van der Waals surface area contributed by atoms with Crippen LogP contribution in [0.5, 0.6) is 5.75 Å². The number of rotatable bonds is 2. The minimum Gasteiger partial charge on any atom is -0.493 e. The van der Waals surface area contributed by atoms with E-state index < -0.39 is 0 Å². The lowest BCUT2D eigenvalue weighted by atomic mass is 10.0. The van der Waals surface area contributed by atoms with Crippen molar-refractivity contribution in [2.24, 2.45) is 0 Å². The van der Waals surface area contributed by atoms with Crippen LogP contribution in [0.15, 0.2) is 18.2 Å². The van der Waals surface area contributed by atoms with Crippen molar-refractivity contribution < 1.29 is 14.3 Å². The molecular formula is C17H22N2O3. The molecule has 1 aromatic carbocycles. The second kappa shape index (κ2) is 5.25. The third-order valence-electron chi connectivity index (χ3n) is 5.01. The number of nitrogens with zero attached hydrogens (tertiary/aromatic N) is 2. The zero-order valence-electron chi connectivity index (χ0n) is 13.0. The Morgan fingerprint density at radius 3 is 3.09 bits per heavy atom. The summed E-state index contributed by atoms with van der Waals surface area (Å²) in [4.78, 5) is 15.8. The SMILES string of the molecule is CN1C[C@]2(CCN(Cc3ccc4c(c3)CCO4)C2)OCC1=O. The van der Waals surface area contributed by atoms with E-state index in [0.29, 0.717) is 6.54 Å². The van der Waals surface area contributed by atoms with Crippen LogP contribution in [0.4, 0.5) is 0 Å². The van der Waals surface area contributed by atoms with Gasteiger partial charge in [-0.3, -0.25) is 9.69 Å². The summed E-state index contributed by atoms with van der Waals surface area (Å²) in [6.45, 7) is 4.60. The first-order valence-corrected chi connectivity index (χ1v) is 7.98. The molecule has 22 heavy (non-hydrogen) atoms. The van der Waals surface area contributed by atoms with Crippen LogP contribution in [0.2, 0.25) is 0 Å². The Morgan fingerprint density at radius 2 is 2.23 bits per heavy atom. The Bertz CT molecular complexity index is 604. The molecule has 5 heteroatoms. The average Bonchev–Trinajstić information content (AvgIpc) is 3.11. The van der Waals surface area contributed by atoms with Gasteiger partial charge in [0.25, 0.3) is 0 Å². The quantitative estimate of drug-likeness (QED) is 0.819. The lowest BCUT2D eigenvalue weighted by Gasteiger charge is -2.38. The average molecular weight is 302 g/mol. The third kappa shape index (κ3) is 2.48. The standard InChI is InChI=1S/C17H22N2O3/c1-18-11-17(22-10-16(18)20)5-6-19(12-17)9-13-2-3-15-14(8-13)4-7-21-15/h2-3,8H,4-7,9-12H2,1H3/t17-/m0/s1. The minimum atomic E-state index is -0.164. The summed E-state index contributed by atoms with van der Waals surface area (Å²) in [5, 5.41) is 0. The number of hydrogen-bond donors (Lipinski definition) is 0. The van der Waals surface area contributed by atoms with Gasteiger partial charge < -0.3 is 14.4 Å². The summed E-state index contributed by atoms with van der Waals surface area (Å²) in [5.74, 6) is 1.13. The smallest absolute Gasteiger partial charge is 0.248 e. The number of benzene rings is 1. The van der Waals surface area contributed by atoms with Gasteiger partial charge in [0, 0.05) is 33.1 Å². The van der Waals surface area contributed by atoms with E-state index in [1.807, 2.05) is 7.05 Å². The van der Waals surface area contributed by atoms with Gasteiger partial charge in [0.15, 0.2) is 0 Å². The Labute approximate surface area is 130 Å². The topological polar surface area (TPSA) is 42.0 Å². The number of likely N-dealkylation sites (tertiary alicyclic amines) is 1. The maximum atomic E-state index is 11.6. The first-order valence-electron chi connectivity index (χ1n) is 7.98. The molecule has 2 fully saturated rings. The van der Waals surface area contributed by atoms with Crippen molar-refractivity contribution in [2.75, 3.05) is 39.9 Å². The monoisotopic (exact) mass is 302 g/mol. The molecule has 3 aliphatic rings. The Morgan fingerprint density at radius 1 is 1.32 bits per heavy atom. The van der Waals surface area contributed by atoms with Crippen LogP contribution in [0.25, 0.3) is 0 Å².